The Morgan fingerprint density at radius 1 is 1.26 bits per heavy atom. The number of methoxy groups -OCH3 is 1. The molecule has 0 saturated heterocycles. The van der Waals surface area contributed by atoms with Gasteiger partial charge in [-0.15, -0.1) is 0 Å². The molecule has 2 rings (SSSR count). The molecule has 1 saturated carbocycles. The third-order valence-electron chi connectivity index (χ3n) is 3.60. The van der Waals surface area contributed by atoms with Crippen LogP contribution in [0.25, 0.3) is 0 Å². The summed E-state index contributed by atoms with van der Waals surface area (Å²) in [5.74, 6) is -0.153. The summed E-state index contributed by atoms with van der Waals surface area (Å²) in [5, 5.41) is 0. The molecule has 6 heteroatoms. The van der Waals surface area contributed by atoms with Crippen LogP contribution in [0.15, 0.2) is 16.6 Å². The largest absolute Gasteiger partial charge is 0.496 e. The number of benzene rings is 1. The first-order chi connectivity index (χ1) is 8.78. The normalized spacial score (nSPS) is 18.6. The topological polar surface area (TPSA) is 35.2 Å². The van der Waals surface area contributed by atoms with E-state index in [2.05, 4.69) is 15.9 Å². The Morgan fingerprint density at radius 2 is 1.84 bits per heavy atom. The molecule has 1 aromatic carbocycles. The number of hydrogen-bond acceptors (Lipinski definition) is 2. The Kier molecular flexibility index (Phi) is 3.84. The van der Waals surface area contributed by atoms with Gasteiger partial charge in [0.15, 0.2) is 0 Å². The first kappa shape index (κ1) is 14.7. The summed E-state index contributed by atoms with van der Waals surface area (Å²) in [6.45, 7) is 0. The third kappa shape index (κ3) is 2.74. The molecule has 0 heterocycles. The molecule has 19 heavy (non-hydrogen) atoms. The second-order valence-electron chi connectivity index (χ2n) is 4.90. The number of hydrogen-bond donors (Lipinski definition) is 1. The Labute approximate surface area is 118 Å². The van der Waals surface area contributed by atoms with E-state index >= 15 is 0 Å². The van der Waals surface area contributed by atoms with Gasteiger partial charge >= 0.3 is 6.18 Å². The van der Waals surface area contributed by atoms with Crippen molar-refractivity contribution in [2.24, 2.45) is 5.73 Å². The molecule has 2 nitrogen and oxygen atoms in total. The van der Waals surface area contributed by atoms with Crippen LogP contribution in [-0.4, -0.2) is 7.11 Å². The van der Waals surface area contributed by atoms with E-state index in [0.717, 1.165) is 18.9 Å². The molecule has 0 amide bonds. The number of nitrogens with two attached hydrogens (primary N) is 1. The molecule has 1 aromatic rings. The lowest BCUT2D eigenvalue weighted by molar-refractivity contribution is -0.138. The van der Waals surface area contributed by atoms with Crippen molar-refractivity contribution < 1.29 is 17.9 Å². The van der Waals surface area contributed by atoms with Gasteiger partial charge in [0.1, 0.15) is 5.75 Å². The SMILES string of the molecule is COc1c(C(F)(F)F)cc(Br)cc1C1(N)CCCC1. The highest BCUT2D eigenvalue weighted by molar-refractivity contribution is 9.10. The fourth-order valence-electron chi connectivity index (χ4n) is 2.67. The summed E-state index contributed by atoms with van der Waals surface area (Å²) in [6.07, 6.45) is -1.26. The van der Waals surface area contributed by atoms with Crippen LogP contribution in [0.4, 0.5) is 13.2 Å². The van der Waals surface area contributed by atoms with Gasteiger partial charge < -0.3 is 10.5 Å². The van der Waals surface area contributed by atoms with E-state index in [9.17, 15) is 13.2 Å². The van der Waals surface area contributed by atoms with Crippen molar-refractivity contribution in [3.63, 3.8) is 0 Å². The number of halogens is 4. The van der Waals surface area contributed by atoms with Crippen LogP contribution in [0.2, 0.25) is 0 Å². The van der Waals surface area contributed by atoms with Crippen LogP contribution in [0.1, 0.15) is 36.8 Å². The molecule has 0 bridgehead atoms. The van der Waals surface area contributed by atoms with Crippen molar-refractivity contribution >= 4 is 15.9 Å². The molecule has 1 fully saturated rings. The van der Waals surface area contributed by atoms with Gasteiger partial charge in [-0.05, 0) is 25.0 Å². The van der Waals surface area contributed by atoms with Gasteiger partial charge in [-0.1, -0.05) is 28.8 Å². The van der Waals surface area contributed by atoms with E-state index in [-0.39, 0.29) is 5.75 Å². The van der Waals surface area contributed by atoms with Gasteiger partial charge in [0, 0.05) is 15.6 Å². The average molecular weight is 338 g/mol. The molecule has 2 N–H and O–H groups in total. The fraction of sp³-hybridized carbons (Fsp3) is 0.538. The van der Waals surface area contributed by atoms with Gasteiger partial charge in [0.25, 0.3) is 0 Å². The Hall–Kier alpha value is -0.750. The predicted octanol–water partition coefficient (Wildman–Crippen LogP) is 4.20. The number of ether oxygens (including phenoxy) is 1. The van der Waals surface area contributed by atoms with Crippen molar-refractivity contribution in [2.75, 3.05) is 7.11 Å². The molecule has 0 spiro atoms. The summed E-state index contributed by atoms with van der Waals surface area (Å²) in [5.41, 5.74) is 5.20. The second kappa shape index (κ2) is 4.98. The second-order valence-corrected chi connectivity index (χ2v) is 5.81. The van der Waals surface area contributed by atoms with Crippen LogP contribution in [-0.2, 0) is 11.7 Å². The van der Waals surface area contributed by atoms with Gasteiger partial charge in [-0.3, -0.25) is 0 Å². The summed E-state index contributed by atoms with van der Waals surface area (Å²) in [6, 6.07) is 2.67. The smallest absolute Gasteiger partial charge is 0.420 e. The summed E-state index contributed by atoms with van der Waals surface area (Å²) in [4.78, 5) is 0. The maximum absolute atomic E-state index is 13.1. The zero-order chi connectivity index (χ0) is 14.3. The van der Waals surface area contributed by atoms with Crippen molar-refractivity contribution in [3.05, 3.63) is 27.7 Å². The molecular formula is C13H15BrF3NO. The first-order valence-corrected chi connectivity index (χ1v) is 6.81. The number of rotatable bonds is 2. The van der Waals surface area contributed by atoms with E-state index in [1.54, 1.807) is 6.07 Å². The van der Waals surface area contributed by atoms with Gasteiger partial charge in [-0.2, -0.15) is 13.2 Å². The van der Waals surface area contributed by atoms with E-state index in [1.165, 1.54) is 7.11 Å². The lowest BCUT2D eigenvalue weighted by Crippen LogP contribution is -2.34. The number of alkyl halides is 3. The molecule has 0 atom stereocenters. The van der Waals surface area contributed by atoms with Crippen LogP contribution < -0.4 is 10.5 Å². The molecule has 0 aliphatic heterocycles. The molecule has 0 aromatic heterocycles. The van der Waals surface area contributed by atoms with Crippen LogP contribution in [0.5, 0.6) is 5.75 Å². The van der Waals surface area contributed by atoms with E-state index in [0.29, 0.717) is 22.9 Å². The Bertz CT molecular complexity index is 482. The van der Waals surface area contributed by atoms with Crippen molar-refractivity contribution in [3.8, 4) is 5.75 Å². The molecule has 1 aliphatic carbocycles. The molecule has 0 unspecified atom stereocenters. The van der Waals surface area contributed by atoms with Crippen LogP contribution >= 0.6 is 15.9 Å². The van der Waals surface area contributed by atoms with Crippen molar-refractivity contribution in [2.45, 2.75) is 37.4 Å². The summed E-state index contributed by atoms with van der Waals surface area (Å²) in [7, 11) is 1.25. The summed E-state index contributed by atoms with van der Waals surface area (Å²) < 4.78 is 44.6. The van der Waals surface area contributed by atoms with Gasteiger partial charge in [-0.25, -0.2) is 0 Å². The minimum absolute atomic E-state index is 0.153. The monoisotopic (exact) mass is 337 g/mol. The Morgan fingerprint density at radius 3 is 2.32 bits per heavy atom. The van der Waals surface area contributed by atoms with Crippen molar-refractivity contribution in [1.29, 1.82) is 0 Å². The zero-order valence-electron chi connectivity index (χ0n) is 10.5. The van der Waals surface area contributed by atoms with Gasteiger partial charge in [0.2, 0.25) is 0 Å². The lowest BCUT2D eigenvalue weighted by Gasteiger charge is -2.28. The highest BCUT2D eigenvalue weighted by Crippen LogP contribution is 2.47. The molecular weight excluding hydrogens is 323 g/mol. The predicted molar refractivity (Wildman–Crippen MR) is 70.0 cm³/mol. The zero-order valence-corrected chi connectivity index (χ0v) is 12.1. The van der Waals surface area contributed by atoms with E-state index < -0.39 is 17.3 Å². The Balaban J connectivity index is 2.63. The van der Waals surface area contributed by atoms with Crippen molar-refractivity contribution in [1.82, 2.24) is 0 Å². The fourth-order valence-corrected chi connectivity index (χ4v) is 3.13. The van der Waals surface area contributed by atoms with E-state index in [4.69, 9.17) is 10.5 Å². The minimum Gasteiger partial charge on any atom is -0.496 e. The highest BCUT2D eigenvalue weighted by Gasteiger charge is 2.40. The maximum atomic E-state index is 13.1. The quantitative estimate of drug-likeness (QED) is 0.877. The van der Waals surface area contributed by atoms with Gasteiger partial charge in [0.05, 0.1) is 12.7 Å². The summed E-state index contributed by atoms with van der Waals surface area (Å²) >= 11 is 3.13. The lowest BCUT2D eigenvalue weighted by atomic mass is 9.87. The molecule has 1 aliphatic rings. The third-order valence-corrected chi connectivity index (χ3v) is 4.05. The van der Waals surface area contributed by atoms with Crippen LogP contribution in [0, 0.1) is 0 Å². The molecule has 0 radical (unpaired) electrons. The van der Waals surface area contributed by atoms with E-state index in [1.807, 2.05) is 0 Å². The van der Waals surface area contributed by atoms with Crippen LogP contribution in [0.3, 0.4) is 0 Å². The average Bonchev–Trinajstić information content (AvgIpc) is 2.75. The standard InChI is InChI=1S/C13H15BrF3NO/c1-19-11-9(12(18)4-2-3-5-12)6-8(14)7-10(11)13(15,16)17/h6-7H,2-5,18H2,1H3. The minimum atomic E-state index is -4.46. The maximum Gasteiger partial charge on any atom is 0.420 e. The molecule has 106 valence electrons. The first-order valence-electron chi connectivity index (χ1n) is 6.02. The highest BCUT2D eigenvalue weighted by atomic mass is 79.9.